The van der Waals surface area contributed by atoms with Crippen molar-refractivity contribution in [3.8, 4) is 0 Å². The fraction of sp³-hybridized carbons (Fsp3) is 0.647. The van der Waals surface area contributed by atoms with Gasteiger partial charge in [-0.15, -0.1) is 0 Å². The maximum atomic E-state index is 3.56. The molecule has 1 aliphatic heterocycles. The van der Waals surface area contributed by atoms with Crippen molar-refractivity contribution in [1.29, 1.82) is 0 Å². The lowest BCUT2D eigenvalue weighted by Crippen LogP contribution is -2.30. The van der Waals surface area contributed by atoms with Crippen LogP contribution in [-0.2, 0) is 0 Å². The summed E-state index contributed by atoms with van der Waals surface area (Å²) in [4.78, 5) is 2.54. The second kappa shape index (κ2) is 6.42. The average Bonchev–Trinajstić information content (AvgIpc) is 2.85. The van der Waals surface area contributed by atoms with Crippen LogP contribution in [0, 0.1) is 5.92 Å². The molecule has 1 aromatic rings. The van der Waals surface area contributed by atoms with Gasteiger partial charge in [0.05, 0.1) is 0 Å². The fourth-order valence-corrected chi connectivity index (χ4v) is 2.72. The summed E-state index contributed by atoms with van der Waals surface area (Å²) in [5, 5.41) is 3.56. The zero-order valence-corrected chi connectivity index (χ0v) is 12.8. The Bertz CT molecular complexity index is 398. The molecule has 0 radical (unpaired) electrons. The zero-order valence-electron chi connectivity index (χ0n) is 12.8. The smallest absolute Gasteiger partial charge is 0.0369 e. The average molecular weight is 260 g/mol. The third-order valence-corrected chi connectivity index (χ3v) is 4.00. The Morgan fingerprint density at radius 3 is 2.74 bits per heavy atom. The standard InChI is InChI=1S/C17H28N2/c1-13(2)16-6-5-7-17(10-16)19-9-8-15(12-19)11-18-14(3)4/h5-7,10,13-15,18H,8-9,11-12H2,1-4H3. The molecule has 2 heteroatoms. The van der Waals surface area contributed by atoms with Crippen molar-refractivity contribution >= 4 is 5.69 Å². The number of anilines is 1. The Kier molecular flexibility index (Phi) is 4.87. The third-order valence-electron chi connectivity index (χ3n) is 4.00. The Hall–Kier alpha value is -1.02. The van der Waals surface area contributed by atoms with Crippen molar-refractivity contribution in [1.82, 2.24) is 5.32 Å². The number of rotatable bonds is 5. The number of nitrogens with zero attached hydrogens (tertiary/aromatic N) is 1. The summed E-state index contributed by atoms with van der Waals surface area (Å²) >= 11 is 0. The number of nitrogens with one attached hydrogen (secondary N) is 1. The van der Waals surface area contributed by atoms with Crippen LogP contribution in [-0.4, -0.2) is 25.7 Å². The van der Waals surface area contributed by atoms with Crippen LogP contribution >= 0.6 is 0 Å². The first-order valence-corrected chi connectivity index (χ1v) is 7.64. The highest BCUT2D eigenvalue weighted by Crippen LogP contribution is 2.26. The lowest BCUT2D eigenvalue weighted by atomic mass is 10.0. The second-order valence-electron chi connectivity index (χ2n) is 6.41. The zero-order chi connectivity index (χ0) is 13.8. The Morgan fingerprint density at radius 1 is 1.26 bits per heavy atom. The largest absolute Gasteiger partial charge is 0.371 e. The number of benzene rings is 1. The monoisotopic (exact) mass is 260 g/mol. The summed E-state index contributed by atoms with van der Waals surface area (Å²) in [5.41, 5.74) is 2.85. The fourth-order valence-electron chi connectivity index (χ4n) is 2.72. The molecule has 0 amide bonds. The van der Waals surface area contributed by atoms with E-state index in [1.165, 1.54) is 30.8 Å². The Morgan fingerprint density at radius 2 is 2.05 bits per heavy atom. The molecule has 1 aromatic carbocycles. The van der Waals surface area contributed by atoms with E-state index in [1.54, 1.807) is 0 Å². The van der Waals surface area contributed by atoms with Crippen molar-refractivity contribution in [2.75, 3.05) is 24.5 Å². The summed E-state index contributed by atoms with van der Waals surface area (Å²) < 4.78 is 0. The van der Waals surface area contributed by atoms with Crippen molar-refractivity contribution in [3.63, 3.8) is 0 Å². The van der Waals surface area contributed by atoms with E-state index >= 15 is 0 Å². The van der Waals surface area contributed by atoms with Gasteiger partial charge >= 0.3 is 0 Å². The predicted octanol–water partition coefficient (Wildman–Crippen LogP) is 3.63. The minimum atomic E-state index is 0.596. The Labute approximate surface area is 118 Å². The van der Waals surface area contributed by atoms with Gasteiger partial charge in [0.2, 0.25) is 0 Å². The van der Waals surface area contributed by atoms with Crippen LogP contribution in [0.5, 0.6) is 0 Å². The van der Waals surface area contributed by atoms with Crippen molar-refractivity contribution in [2.24, 2.45) is 5.92 Å². The third kappa shape index (κ3) is 3.97. The highest BCUT2D eigenvalue weighted by Gasteiger charge is 2.22. The van der Waals surface area contributed by atoms with Crippen LogP contribution in [0.25, 0.3) is 0 Å². The summed E-state index contributed by atoms with van der Waals surface area (Å²) in [6.45, 7) is 12.5. The molecule has 1 aliphatic rings. The lowest BCUT2D eigenvalue weighted by Gasteiger charge is -2.21. The van der Waals surface area contributed by atoms with E-state index in [0.29, 0.717) is 12.0 Å². The molecule has 1 atom stereocenters. The molecule has 1 saturated heterocycles. The molecule has 0 saturated carbocycles. The van der Waals surface area contributed by atoms with E-state index in [4.69, 9.17) is 0 Å². The van der Waals surface area contributed by atoms with E-state index in [2.05, 4.69) is 62.2 Å². The molecular formula is C17H28N2. The highest BCUT2D eigenvalue weighted by atomic mass is 15.2. The molecule has 1 N–H and O–H groups in total. The summed E-state index contributed by atoms with van der Waals surface area (Å²) in [6, 6.07) is 9.65. The van der Waals surface area contributed by atoms with E-state index in [-0.39, 0.29) is 0 Å². The van der Waals surface area contributed by atoms with Crippen molar-refractivity contribution < 1.29 is 0 Å². The molecule has 0 spiro atoms. The number of hydrogen-bond donors (Lipinski definition) is 1. The molecule has 1 fully saturated rings. The topological polar surface area (TPSA) is 15.3 Å². The van der Waals surface area contributed by atoms with Gasteiger partial charge in [-0.05, 0) is 42.5 Å². The van der Waals surface area contributed by atoms with Gasteiger partial charge in [0.15, 0.2) is 0 Å². The number of hydrogen-bond acceptors (Lipinski definition) is 2. The molecule has 2 nitrogen and oxygen atoms in total. The van der Waals surface area contributed by atoms with Gasteiger partial charge in [-0.1, -0.05) is 39.8 Å². The predicted molar refractivity (Wildman–Crippen MR) is 84.0 cm³/mol. The molecule has 106 valence electrons. The second-order valence-corrected chi connectivity index (χ2v) is 6.41. The summed E-state index contributed by atoms with van der Waals surface area (Å²) in [7, 11) is 0. The maximum Gasteiger partial charge on any atom is 0.0369 e. The van der Waals surface area contributed by atoms with Gasteiger partial charge in [-0.25, -0.2) is 0 Å². The van der Waals surface area contributed by atoms with Crippen LogP contribution in [0.4, 0.5) is 5.69 Å². The first kappa shape index (κ1) is 14.4. The molecule has 0 bridgehead atoms. The van der Waals surface area contributed by atoms with Gasteiger partial charge in [0.1, 0.15) is 0 Å². The van der Waals surface area contributed by atoms with E-state index < -0.39 is 0 Å². The van der Waals surface area contributed by atoms with Gasteiger partial charge in [-0.3, -0.25) is 0 Å². The van der Waals surface area contributed by atoms with Gasteiger partial charge < -0.3 is 10.2 Å². The summed E-state index contributed by atoms with van der Waals surface area (Å²) in [6.07, 6.45) is 1.31. The highest BCUT2D eigenvalue weighted by molar-refractivity contribution is 5.50. The molecule has 0 aromatic heterocycles. The summed E-state index contributed by atoms with van der Waals surface area (Å²) in [5.74, 6) is 1.41. The van der Waals surface area contributed by atoms with Crippen LogP contribution in [0.15, 0.2) is 24.3 Å². The minimum Gasteiger partial charge on any atom is -0.371 e. The minimum absolute atomic E-state index is 0.596. The quantitative estimate of drug-likeness (QED) is 0.869. The van der Waals surface area contributed by atoms with Gasteiger partial charge in [0, 0.05) is 24.8 Å². The normalized spacial score (nSPS) is 19.7. The van der Waals surface area contributed by atoms with Gasteiger partial charge in [-0.2, -0.15) is 0 Å². The molecular weight excluding hydrogens is 232 g/mol. The van der Waals surface area contributed by atoms with Crippen LogP contribution in [0.3, 0.4) is 0 Å². The van der Waals surface area contributed by atoms with Crippen LogP contribution in [0.2, 0.25) is 0 Å². The van der Waals surface area contributed by atoms with Crippen LogP contribution < -0.4 is 10.2 Å². The molecule has 2 rings (SSSR count). The molecule has 19 heavy (non-hydrogen) atoms. The van der Waals surface area contributed by atoms with E-state index in [0.717, 1.165) is 12.5 Å². The molecule has 0 aliphatic carbocycles. The van der Waals surface area contributed by atoms with Crippen molar-refractivity contribution in [3.05, 3.63) is 29.8 Å². The maximum absolute atomic E-state index is 3.56. The first-order chi connectivity index (χ1) is 9.06. The van der Waals surface area contributed by atoms with Crippen LogP contribution in [0.1, 0.15) is 45.6 Å². The van der Waals surface area contributed by atoms with E-state index in [1.807, 2.05) is 0 Å². The Balaban J connectivity index is 1.95. The van der Waals surface area contributed by atoms with Gasteiger partial charge in [0.25, 0.3) is 0 Å². The molecule has 1 heterocycles. The first-order valence-electron chi connectivity index (χ1n) is 7.64. The lowest BCUT2D eigenvalue weighted by molar-refractivity contribution is 0.480. The SMILES string of the molecule is CC(C)NCC1CCN(c2cccc(C(C)C)c2)C1. The van der Waals surface area contributed by atoms with E-state index in [9.17, 15) is 0 Å². The van der Waals surface area contributed by atoms with Crippen molar-refractivity contribution in [2.45, 2.75) is 46.1 Å². The molecule has 1 unspecified atom stereocenters.